The van der Waals surface area contributed by atoms with Gasteiger partial charge in [0.15, 0.2) is 4.34 Å². The second kappa shape index (κ2) is 5.37. The molecule has 0 aliphatic heterocycles. The van der Waals surface area contributed by atoms with Gasteiger partial charge in [-0.3, -0.25) is 0 Å². The van der Waals surface area contributed by atoms with Crippen LogP contribution in [0.4, 0.5) is 5.13 Å². The van der Waals surface area contributed by atoms with Crippen LogP contribution in [0, 0.1) is 0 Å². The minimum atomic E-state index is 0.938. The average Bonchev–Trinajstić information content (AvgIpc) is 2.50. The van der Waals surface area contributed by atoms with Crippen LogP contribution < -0.4 is 5.32 Å². The second-order valence-corrected chi connectivity index (χ2v) is 4.72. The lowest BCUT2D eigenvalue weighted by molar-refractivity contribution is 0.951. The molecule has 0 atom stereocenters. The van der Waals surface area contributed by atoms with Crippen molar-refractivity contribution >= 4 is 28.2 Å². The molecule has 68 valence electrons. The predicted molar refractivity (Wildman–Crippen MR) is 55.1 cm³/mol. The van der Waals surface area contributed by atoms with Gasteiger partial charge in [-0.15, -0.1) is 10.2 Å². The van der Waals surface area contributed by atoms with Gasteiger partial charge in [0, 0.05) is 6.54 Å². The lowest BCUT2D eigenvalue weighted by Crippen LogP contribution is -1.98. The summed E-state index contributed by atoms with van der Waals surface area (Å²) in [4.78, 5) is 0. The first-order chi connectivity index (χ1) is 5.86. The fourth-order valence-corrected chi connectivity index (χ4v) is 2.37. The molecule has 1 aromatic rings. The number of nitrogens with zero attached hydrogens (tertiary/aromatic N) is 2. The van der Waals surface area contributed by atoms with E-state index in [1.807, 2.05) is 0 Å². The summed E-state index contributed by atoms with van der Waals surface area (Å²) < 4.78 is 1.05. The fourth-order valence-electron chi connectivity index (χ4n) is 0.695. The highest BCUT2D eigenvalue weighted by molar-refractivity contribution is 8.01. The van der Waals surface area contributed by atoms with Crippen molar-refractivity contribution in [1.82, 2.24) is 10.2 Å². The third kappa shape index (κ3) is 2.98. The number of hydrogen-bond acceptors (Lipinski definition) is 5. The Hall–Kier alpha value is -0.290. The molecule has 0 unspecified atom stereocenters. The highest BCUT2D eigenvalue weighted by atomic mass is 32.2. The fraction of sp³-hybridized carbons (Fsp3) is 0.714. The van der Waals surface area contributed by atoms with Gasteiger partial charge in [-0.1, -0.05) is 36.9 Å². The molecule has 0 fully saturated rings. The quantitative estimate of drug-likeness (QED) is 0.746. The van der Waals surface area contributed by atoms with E-state index >= 15 is 0 Å². The van der Waals surface area contributed by atoms with Gasteiger partial charge < -0.3 is 5.32 Å². The van der Waals surface area contributed by atoms with Crippen molar-refractivity contribution < 1.29 is 0 Å². The SMILES string of the molecule is CCCNc1nnc(SCC)s1. The Morgan fingerprint density at radius 1 is 1.42 bits per heavy atom. The van der Waals surface area contributed by atoms with Crippen LogP contribution in [0.2, 0.25) is 0 Å². The Morgan fingerprint density at radius 3 is 2.92 bits per heavy atom. The number of thioether (sulfide) groups is 1. The van der Waals surface area contributed by atoms with Gasteiger partial charge in [0.05, 0.1) is 0 Å². The van der Waals surface area contributed by atoms with Crippen LogP contribution in [0.1, 0.15) is 20.3 Å². The average molecular weight is 203 g/mol. The molecule has 0 spiro atoms. The Labute approximate surface area is 81.0 Å². The topological polar surface area (TPSA) is 37.8 Å². The minimum absolute atomic E-state index is 0.938. The predicted octanol–water partition coefficient (Wildman–Crippen LogP) is 2.47. The summed E-state index contributed by atoms with van der Waals surface area (Å²) in [7, 11) is 0. The van der Waals surface area contributed by atoms with Gasteiger partial charge in [0.25, 0.3) is 0 Å². The van der Waals surface area contributed by atoms with Gasteiger partial charge in [-0.05, 0) is 12.2 Å². The van der Waals surface area contributed by atoms with Gasteiger partial charge in [0.2, 0.25) is 5.13 Å². The van der Waals surface area contributed by atoms with E-state index < -0.39 is 0 Å². The van der Waals surface area contributed by atoms with E-state index in [-0.39, 0.29) is 0 Å². The molecule has 1 rings (SSSR count). The molecule has 3 nitrogen and oxygen atoms in total. The maximum atomic E-state index is 4.03. The summed E-state index contributed by atoms with van der Waals surface area (Å²) in [6.45, 7) is 5.23. The number of rotatable bonds is 5. The normalized spacial score (nSPS) is 10.2. The Bertz CT molecular complexity index is 224. The first-order valence-corrected chi connectivity index (χ1v) is 5.87. The molecule has 1 N–H and O–H groups in total. The van der Waals surface area contributed by atoms with E-state index in [1.54, 1.807) is 23.1 Å². The summed E-state index contributed by atoms with van der Waals surface area (Å²) in [6.07, 6.45) is 1.12. The van der Waals surface area contributed by atoms with E-state index in [4.69, 9.17) is 0 Å². The van der Waals surface area contributed by atoms with Gasteiger partial charge in [0.1, 0.15) is 0 Å². The Morgan fingerprint density at radius 2 is 2.25 bits per heavy atom. The molecule has 1 heterocycles. The molecule has 0 aliphatic rings. The molecule has 0 amide bonds. The molecule has 0 saturated heterocycles. The van der Waals surface area contributed by atoms with E-state index in [0.717, 1.165) is 28.2 Å². The van der Waals surface area contributed by atoms with Crippen LogP contribution in [0.15, 0.2) is 4.34 Å². The molecule has 0 bridgehead atoms. The molecular weight excluding hydrogens is 190 g/mol. The standard InChI is InChI=1S/C7H13N3S2/c1-3-5-8-6-9-10-7(12-6)11-4-2/h3-5H2,1-2H3,(H,8,9). The van der Waals surface area contributed by atoms with Crippen molar-refractivity contribution in [3.05, 3.63) is 0 Å². The first kappa shape index (κ1) is 9.80. The molecule has 0 radical (unpaired) electrons. The van der Waals surface area contributed by atoms with Crippen LogP contribution in [-0.2, 0) is 0 Å². The van der Waals surface area contributed by atoms with Crippen molar-refractivity contribution in [2.24, 2.45) is 0 Å². The summed E-state index contributed by atoms with van der Waals surface area (Å²) in [6, 6.07) is 0. The zero-order valence-electron chi connectivity index (χ0n) is 7.33. The van der Waals surface area contributed by atoms with Crippen LogP contribution in [0.25, 0.3) is 0 Å². The number of anilines is 1. The first-order valence-electron chi connectivity index (χ1n) is 4.07. The van der Waals surface area contributed by atoms with Gasteiger partial charge in [-0.2, -0.15) is 0 Å². The zero-order chi connectivity index (χ0) is 8.81. The van der Waals surface area contributed by atoms with Gasteiger partial charge >= 0.3 is 0 Å². The van der Waals surface area contributed by atoms with Crippen LogP contribution in [0.3, 0.4) is 0 Å². The van der Waals surface area contributed by atoms with E-state index in [2.05, 4.69) is 29.4 Å². The molecule has 1 aromatic heterocycles. The lowest BCUT2D eigenvalue weighted by atomic mass is 10.5. The van der Waals surface area contributed by atoms with Crippen LogP contribution in [0.5, 0.6) is 0 Å². The third-order valence-electron chi connectivity index (χ3n) is 1.20. The van der Waals surface area contributed by atoms with E-state index in [0.29, 0.717) is 0 Å². The van der Waals surface area contributed by atoms with Crippen molar-refractivity contribution in [3.8, 4) is 0 Å². The number of hydrogen-bond donors (Lipinski definition) is 1. The molecule has 5 heteroatoms. The molecule has 0 aromatic carbocycles. The van der Waals surface area contributed by atoms with Gasteiger partial charge in [-0.25, -0.2) is 0 Å². The second-order valence-electron chi connectivity index (χ2n) is 2.23. The molecule has 0 saturated carbocycles. The summed E-state index contributed by atoms with van der Waals surface area (Å²) in [5.74, 6) is 1.06. The van der Waals surface area contributed by atoms with Crippen LogP contribution >= 0.6 is 23.1 Å². The smallest absolute Gasteiger partial charge is 0.206 e. The summed E-state index contributed by atoms with van der Waals surface area (Å²) in [5, 5.41) is 12.2. The number of nitrogens with one attached hydrogen (secondary N) is 1. The maximum Gasteiger partial charge on any atom is 0.206 e. The Kier molecular flexibility index (Phi) is 4.39. The monoisotopic (exact) mass is 203 g/mol. The highest BCUT2D eigenvalue weighted by Crippen LogP contribution is 2.24. The van der Waals surface area contributed by atoms with Crippen molar-refractivity contribution in [2.75, 3.05) is 17.6 Å². The molecule has 0 aliphatic carbocycles. The summed E-state index contributed by atoms with van der Waals surface area (Å²) >= 11 is 3.36. The van der Waals surface area contributed by atoms with E-state index in [1.165, 1.54) is 0 Å². The Balaban J connectivity index is 2.41. The lowest BCUT2D eigenvalue weighted by Gasteiger charge is -1.94. The van der Waals surface area contributed by atoms with Crippen LogP contribution in [-0.4, -0.2) is 22.5 Å². The summed E-state index contributed by atoms with van der Waals surface area (Å²) in [5.41, 5.74) is 0. The molecular formula is C7H13N3S2. The van der Waals surface area contributed by atoms with E-state index in [9.17, 15) is 0 Å². The largest absolute Gasteiger partial charge is 0.360 e. The van der Waals surface area contributed by atoms with Crippen molar-refractivity contribution in [3.63, 3.8) is 0 Å². The maximum absolute atomic E-state index is 4.03. The third-order valence-corrected chi connectivity index (χ3v) is 3.10. The number of aromatic nitrogens is 2. The highest BCUT2D eigenvalue weighted by Gasteiger charge is 2.01. The molecule has 12 heavy (non-hydrogen) atoms. The van der Waals surface area contributed by atoms with Crippen molar-refractivity contribution in [2.45, 2.75) is 24.6 Å². The zero-order valence-corrected chi connectivity index (χ0v) is 8.97. The van der Waals surface area contributed by atoms with Crippen molar-refractivity contribution in [1.29, 1.82) is 0 Å². The minimum Gasteiger partial charge on any atom is -0.360 e.